The highest BCUT2D eigenvalue weighted by molar-refractivity contribution is 6.01. The average molecular weight is 443 g/mol. The Hall–Kier alpha value is -3.93. The first kappa shape index (κ1) is 20.9. The number of ketones is 1. The molecule has 6 nitrogen and oxygen atoms in total. The van der Waals surface area contributed by atoms with E-state index in [0.29, 0.717) is 23.5 Å². The van der Waals surface area contributed by atoms with E-state index in [4.69, 9.17) is 9.47 Å². The summed E-state index contributed by atoms with van der Waals surface area (Å²) < 4.78 is 10.8. The van der Waals surface area contributed by atoms with Gasteiger partial charge >= 0.3 is 0 Å². The molecule has 0 amide bonds. The lowest BCUT2D eigenvalue weighted by molar-refractivity contribution is -0.116. The Morgan fingerprint density at radius 3 is 2.15 bits per heavy atom. The molecule has 6 heteroatoms. The van der Waals surface area contributed by atoms with Crippen LogP contribution in [0.3, 0.4) is 0 Å². The van der Waals surface area contributed by atoms with Gasteiger partial charge in [-0.15, -0.1) is 0 Å². The molecule has 168 valence electrons. The summed E-state index contributed by atoms with van der Waals surface area (Å²) in [6.45, 7) is 0. The topological polar surface area (TPSA) is 79.8 Å². The van der Waals surface area contributed by atoms with Crippen LogP contribution in [0.4, 0.5) is 11.4 Å². The average Bonchev–Trinajstić information content (AvgIpc) is 3.01. The van der Waals surface area contributed by atoms with Gasteiger partial charge in [0.05, 0.1) is 31.6 Å². The minimum atomic E-state index is -0.427. The Balaban J connectivity index is 1.65. The molecule has 0 fully saturated rings. The van der Waals surface area contributed by atoms with E-state index in [0.717, 1.165) is 34.6 Å². The Kier molecular flexibility index (Phi) is 5.42. The number of phenols is 1. The van der Waals surface area contributed by atoms with Crippen LogP contribution in [0.25, 0.3) is 0 Å². The first-order valence-electron chi connectivity index (χ1n) is 11.0. The van der Waals surface area contributed by atoms with E-state index in [1.807, 2.05) is 42.5 Å². The first-order chi connectivity index (χ1) is 16.1. The van der Waals surface area contributed by atoms with E-state index in [9.17, 15) is 9.90 Å². The summed E-state index contributed by atoms with van der Waals surface area (Å²) >= 11 is 0. The normalized spacial score (nSPS) is 19.5. The molecule has 1 aliphatic carbocycles. The van der Waals surface area contributed by atoms with Gasteiger partial charge in [-0.2, -0.15) is 0 Å². The van der Waals surface area contributed by atoms with E-state index < -0.39 is 6.04 Å². The molecule has 1 aliphatic heterocycles. The summed E-state index contributed by atoms with van der Waals surface area (Å²) in [5.41, 5.74) is 5.37. The molecule has 0 unspecified atom stereocenters. The van der Waals surface area contributed by atoms with Gasteiger partial charge in [-0.05, 0) is 47.7 Å². The smallest absolute Gasteiger partial charge is 0.200 e. The van der Waals surface area contributed by atoms with Crippen molar-refractivity contribution in [1.29, 1.82) is 0 Å². The van der Waals surface area contributed by atoms with Gasteiger partial charge in [0.2, 0.25) is 5.75 Å². The lowest BCUT2D eigenvalue weighted by atomic mass is 9.78. The van der Waals surface area contributed by atoms with Gasteiger partial charge in [-0.1, -0.05) is 42.5 Å². The number of carbonyl (C=O) groups excluding carboxylic acids is 1. The van der Waals surface area contributed by atoms with Gasteiger partial charge < -0.3 is 25.2 Å². The zero-order chi connectivity index (χ0) is 22.9. The van der Waals surface area contributed by atoms with Crippen molar-refractivity contribution in [3.05, 3.63) is 89.1 Å². The maximum atomic E-state index is 13.6. The molecule has 0 saturated heterocycles. The van der Waals surface area contributed by atoms with Gasteiger partial charge in [0.25, 0.3) is 0 Å². The number of hydrogen-bond donors (Lipinski definition) is 3. The van der Waals surface area contributed by atoms with Crippen molar-refractivity contribution in [3.63, 3.8) is 0 Å². The fourth-order valence-electron chi connectivity index (χ4n) is 4.78. The van der Waals surface area contributed by atoms with Crippen LogP contribution in [0.15, 0.2) is 78.0 Å². The molecule has 0 saturated carbocycles. The van der Waals surface area contributed by atoms with Crippen LogP contribution in [0.2, 0.25) is 0 Å². The SMILES string of the molecule is COc1cc([C@@H]2Nc3ccccc3NC3=C2C(=O)C[C@H](c2ccccc2)C3)cc(OC)c1O. The summed E-state index contributed by atoms with van der Waals surface area (Å²) in [5.74, 6) is 0.728. The molecule has 3 N–H and O–H groups in total. The number of phenolic OH excluding ortho intramolecular Hbond substituents is 1. The molecule has 3 aromatic rings. The second-order valence-electron chi connectivity index (χ2n) is 8.35. The quantitative estimate of drug-likeness (QED) is 0.503. The minimum absolute atomic E-state index is 0.0655. The molecule has 0 spiro atoms. The van der Waals surface area contributed by atoms with Crippen LogP contribution in [-0.2, 0) is 4.79 Å². The maximum absolute atomic E-state index is 13.6. The number of benzene rings is 3. The van der Waals surface area contributed by atoms with Crippen LogP contribution in [0.5, 0.6) is 17.2 Å². The number of para-hydroxylation sites is 2. The predicted octanol–water partition coefficient (Wildman–Crippen LogP) is 5.39. The number of fused-ring (bicyclic) bond motifs is 1. The number of methoxy groups -OCH3 is 2. The second-order valence-corrected chi connectivity index (χ2v) is 8.35. The molecular weight excluding hydrogens is 416 g/mol. The second kappa shape index (κ2) is 8.54. The summed E-state index contributed by atoms with van der Waals surface area (Å²) in [7, 11) is 2.99. The number of carbonyl (C=O) groups is 1. The third-order valence-corrected chi connectivity index (χ3v) is 6.42. The highest BCUT2D eigenvalue weighted by Crippen LogP contribution is 2.47. The molecule has 1 heterocycles. The van der Waals surface area contributed by atoms with Crippen molar-refractivity contribution in [2.45, 2.75) is 24.8 Å². The van der Waals surface area contributed by atoms with Crippen LogP contribution in [-0.4, -0.2) is 25.1 Å². The van der Waals surface area contributed by atoms with Gasteiger partial charge in [0, 0.05) is 17.7 Å². The van der Waals surface area contributed by atoms with E-state index >= 15 is 0 Å². The minimum Gasteiger partial charge on any atom is -0.502 e. The number of ether oxygens (including phenoxy) is 2. The van der Waals surface area contributed by atoms with Gasteiger partial charge in [0.15, 0.2) is 17.3 Å². The van der Waals surface area contributed by atoms with Crippen LogP contribution in [0.1, 0.15) is 35.9 Å². The molecule has 5 rings (SSSR count). The van der Waals surface area contributed by atoms with Gasteiger partial charge in [-0.25, -0.2) is 0 Å². The molecule has 0 bridgehead atoms. The molecule has 0 aromatic heterocycles. The van der Waals surface area contributed by atoms with E-state index in [1.54, 1.807) is 12.1 Å². The Labute approximate surface area is 192 Å². The van der Waals surface area contributed by atoms with E-state index in [-0.39, 0.29) is 17.5 Å². The monoisotopic (exact) mass is 442 g/mol. The van der Waals surface area contributed by atoms with Crippen LogP contribution in [0, 0.1) is 0 Å². The number of rotatable bonds is 4. The largest absolute Gasteiger partial charge is 0.502 e. The molecule has 3 aromatic carbocycles. The summed E-state index contributed by atoms with van der Waals surface area (Å²) in [4.78, 5) is 13.6. The zero-order valence-corrected chi connectivity index (χ0v) is 18.6. The van der Waals surface area contributed by atoms with Crippen LogP contribution < -0.4 is 20.1 Å². The standard InChI is InChI=1S/C27H26N2O4/c1-32-23-14-18(15-24(33-2)27(23)31)26-25-21(28-19-10-6-7-11-20(19)29-26)12-17(13-22(25)30)16-8-4-3-5-9-16/h3-11,14-15,17,26,28-29,31H,12-13H2,1-2H3/t17-,26+/m1/s1. The fraction of sp³-hybridized carbons (Fsp3) is 0.222. The fourth-order valence-corrected chi connectivity index (χ4v) is 4.78. The third-order valence-electron chi connectivity index (χ3n) is 6.42. The summed E-state index contributed by atoms with van der Waals surface area (Å²) in [5, 5.41) is 17.5. The predicted molar refractivity (Wildman–Crippen MR) is 128 cm³/mol. The Morgan fingerprint density at radius 1 is 0.848 bits per heavy atom. The number of hydrogen-bond acceptors (Lipinski definition) is 6. The Morgan fingerprint density at radius 2 is 1.48 bits per heavy atom. The van der Waals surface area contributed by atoms with E-state index in [2.05, 4.69) is 22.8 Å². The van der Waals surface area contributed by atoms with Crippen molar-refractivity contribution in [1.82, 2.24) is 0 Å². The number of nitrogens with one attached hydrogen (secondary N) is 2. The van der Waals surface area contributed by atoms with Crippen molar-refractivity contribution in [3.8, 4) is 17.2 Å². The van der Waals surface area contributed by atoms with Gasteiger partial charge in [-0.3, -0.25) is 4.79 Å². The van der Waals surface area contributed by atoms with Crippen LogP contribution >= 0.6 is 0 Å². The van der Waals surface area contributed by atoms with Crippen molar-refractivity contribution >= 4 is 17.2 Å². The maximum Gasteiger partial charge on any atom is 0.200 e. The third kappa shape index (κ3) is 3.78. The van der Waals surface area contributed by atoms with Crippen molar-refractivity contribution in [2.75, 3.05) is 24.9 Å². The Bertz CT molecular complexity index is 1210. The van der Waals surface area contributed by atoms with E-state index in [1.165, 1.54) is 14.2 Å². The van der Waals surface area contributed by atoms with Crippen molar-refractivity contribution < 1.29 is 19.4 Å². The summed E-state index contributed by atoms with van der Waals surface area (Å²) in [6.07, 6.45) is 1.16. The first-order valence-corrected chi connectivity index (χ1v) is 11.0. The molecule has 2 aliphatic rings. The zero-order valence-electron chi connectivity index (χ0n) is 18.6. The number of anilines is 2. The molecule has 33 heavy (non-hydrogen) atoms. The lowest BCUT2D eigenvalue weighted by Gasteiger charge is -2.30. The highest BCUT2D eigenvalue weighted by atomic mass is 16.5. The van der Waals surface area contributed by atoms with Gasteiger partial charge in [0.1, 0.15) is 0 Å². The number of aromatic hydroxyl groups is 1. The molecule has 2 atom stereocenters. The summed E-state index contributed by atoms with van der Waals surface area (Å²) in [6, 6.07) is 21.2. The highest BCUT2D eigenvalue weighted by Gasteiger charge is 2.36. The molecular formula is C27H26N2O4. The molecule has 0 radical (unpaired) electrons. The number of Topliss-reactive ketones (excluding diaryl/α,β-unsaturated/α-hetero) is 1. The number of allylic oxidation sites excluding steroid dienone is 1. The lowest BCUT2D eigenvalue weighted by Crippen LogP contribution is -2.27. The van der Waals surface area contributed by atoms with Crippen molar-refractivity contribution in [2.24, 2.45) is 0 Å².